The third-order valence-electron chi connectivity index (χ3n) is 4.11. The summed E-state index contributed by atoms with van der Waals surface area (Å²) in [7, 11) is 0. The van der Waals surface area contributed by atoms with Crippen molar-refractivity contribution in [2.75, 3.05) is 13.2 Å². The summed E-state index contributed by atoms with van der Waals surface area (Å²) < 4.78 is 2.63. The molecule has 168 valence electrons. The van der Waals surface area contributed by atoms with Crippen LogP contribution in [-0.4, -0.2) is 71.6 Å². The number of aliphatic hydroxyl groups excluding tert-OH is 2. The van der Waals surface area contributed by atoms with E-state index in [0.717, 1.165) is 0 Å². The highest BCUT2D eigenvalue weighted by molar-refractivity contribution is 6.66. The first kappa shape index (κ1) is 27.3. The van der Waals surface area contributed by atoms with Crippen molar-refractivity contribution in [1.82, 2.24) is 0 Å². The fraction of sp³-hybridized carbons (Fsp3) is 0.467. The molecule has 1 heterocycles. The lowest BCUT2D eigenvalue weighted by Crippen LogP contribution is -2.47. The first-order chi connectivity index (χ1) is 13.7. The van der Waals surface area contributed by atoms with Crippen LogP contribution in [0.2, 0.25) is 0 Å². The molecule has 0 radical (unpaired) electrons. The first-order valence-electron chi connectivity index (χ1n) is 7.59. The van der Waals surface area contributed by atoms with Crippen LogP contribution in [0, 0.1) is 11.8 Å². The molecule has 15 heteroatoms. The third kappa shape index (κ3) is 4.14. The Labute approximate surface area is 198 Å². The van der Waals surface area contributed by atoms with Gasteiger partial charge in [0, 0.05) is 12.2 Å². The molecule has 0 amide bonds. The van der Waals surface area contributed by atoms with Gasteiger partial charge in [-0.2, -0.15) is 0 Å². The van der Waals surface area contributed by atoms with Gasteiger partial charge in [-0.1, -0.05) is 46.4 Å². The number of esters is 2. The maximum atomic E-state index is 11.7. The molecule has 4 unspecified atom stereocenters. The second-order valence-electron chi connectivity index (χ2n) is 5.78. The molecule has 0 aromatic heterocycles. The molecule has 4 atom stereocenters. The summed E-state index contributed by atoms with van der Waals surface area (Å²) in [5.74, 6) is -6.51. The molecule has 3 aliphatic rings. The van der Waals surface area contributed by atoms with Crippen LogP contribution in [0.5, 0.6) is 0 Å². The number of aliphatic hydroxyl groups is 2. The first-order valence-corrected chi connectivity index (χ1v) is 9.85. The fourth-order valence-electron chi connectivity index (χ4n) is 2.95. The Bertz CT molecular complexity index is 763. The number of carbonyl (C=O) groups is 4. The van der Waals surface area contributed by atoms with Crippen LogP contribution in [0.3, 0.4) is 0 Å². The predicted molar refractivity (Wildman–Crippen MR) is 107 cm³/mol. The molecule has 1 saturated heterocycles. The number of halogens is 6. The summed E-state index contributed by atoms with van der Waals surface area (Å²) in [5, 5.41) is 30.6. The summed E-state index contributed by atoms with van der Waals surface area (Å²) in [6.45, 7) is -0.250. The SMILES string of the molecule is O=C(O)/C=C/C(=O)O.O=C1OC(=O)C2C1C1(Cl)C(Cl)=C(Cl)C2(Cl)C1(Cl)Cl.OCCO. The monoisotopic (exact) mass is 546 g/mol. The van der Waals surface area contributed by atoms with Crippen LogP contribution in [-0.2, 0) is 23.9 Å². The van der Waals surface area contributed by atoms with Gasteiger partial charge in [-0.05, 0) is 0 Å². The van der Waals surface area contributed by atoms with Gasteiger partial charge in [0.05, 0.1) is 23.3 Å². The minimum atomic E-state index is -1.89. The Balaban J connectivity index is 0.000000315. The van der Waals surface area contributed by atoms with Gasteiger partial charge >= 0.3 is 23.9 Å². The molecular formula is C15H12Cl6O9. The Morgan fingerprint density at radius 2 is 1.13 bits per heavy atom. The van der Waals surface area contributed by atoms with E-state index in [2.05, 4.69) is 4.74 Å². The van der Waals surface area contributed by atoms with Crippen LogP contribution >= 0.6 is 69.6 Å². The number of alkyl halides is 4. The van der Waals surface area contributed by atoms with Gasteiger partial charge in [-0.15, -0.1) is 23.2 Å². The molecule has 9 nitrogen and oxygen atoms in total. The normalized spacial score (nSPS) is 32.8. The van der Waals surface area contributed by atoms with Crippen molar-refractivity contribution in [2.24, 2.45) is 11.8 Å². The topological polar surface area (TPSA) is 158 Å². The highest BCUT2D eigenvalue weighted by Crippen LogP contribution is 2.77. The Hall–Kier alpha value is -0.780. The highest BCUT2D eigenvalue weighted by Gasteiger charge is 2.87. The van der Waals surface area contributed by atoms with Crippen molar-refractivity contribution >= 4 is 93.5 Å². The number of aliphatic carboxylic acids is 2. The van der Waals surface area contributed by atoms with E-state index in [-0.39, 0.29) is 23.3 Å². The second-order valence-corrected chi connectivity index (χ2v) is 9.05. The average Bonchev–Trinajstić information content (AvgIpc) is 3.08. The van der Waals surface area contributed by atoms with Crippen LogP contribution in [0.25, 0.3) is 0 Å². The Morgan fingerprint density at radius 3 is 1.37 bits per heavy atom. The van der Waals surface area contributed by atoms with E-state index in [1.165, 1.54) is 0 Å². The lowest BCUT2D eigenvalue weighted by atomic mass is 9.84. The molecule has 0 aromatic rings. The molecule has 0 aromatic carbocycles. The van der Waals surface area contributed by atoms with E-state index < -0.39 is 49.8 Å². The zero-order chi connectivity index (χ0) is 23.7. The maximum Gasteiger partial charge on any atom is 0.328 e. The number of hydrogen-bond acceptors (Lipinski definition) is 7. The molecule has 1 aliphatic heterocycles. The number of allylic oxidation sites excluding steroid dienone is 2. The molecule has 2 bridgehead atoms. The van der Waals surface area contributed by atoms with Gasteiger partial charge in [-0.3, -0.25) is 9.59 Å². The van der Waals surface area contributed by atoms with Crippen molar-refractivity contribution in [3.05, 3.63) is 22.2 Å². The number of carboxylic acids is 2. The number of hydrogen-bond donors (Lipinski definition) is 4. The molecule has 4 N–H and O–H groups in total. The summed E-state index contributed by atoms with van der Waals surface area (Å²) in [4.78, 5) is 39.0. The molecule has 1 saturated carbocycles. The largest absolute Gasteiger partial charge is 0.478 e. The van der Waals surface area contributed by atoms with E-state index in [9.17, 15) is 19.2 Å². The number of carbonyl (C=O) groups excluding carboxylic acids is 2. The molecular weight excluding hydrogens is 537 g/mol. The number of carboxylic acid groups (broad SMARTS) is 2. The van der Waals surface area contributed by atoms with Gasteiger partial charge in [-0.25, -0.2) is 9.59 Å². The van der Waals surface area contributed by atoms with Crippen molar-refractivity contribution in [3.8, 4) is 0 Å². The van der Waals surface area contributed by atoms with Gasteiger partial charge < -0.3 is 25.2 Å². The van der Waals surface area contributed by atoms with Crippen LogP contribution < -0.4 is 0 Å². The van der Waals surface area contributed by atoms with Crippen molar-refractivity contribution in [3.63, 3.8) is 0 Å². The second kappa shape index (κ2) is 9.79. The Morgan fingerprint density at radius 1 is 0.833 bits per heavy atom. The minimum Gasteiger partial charge on any atom is -0.478 e. The molecule has 2 fully saturated rings. The predicted octanol–water partition coefficient (Wildman–Crippen LogP) is 1.83. The van der Waals surface area contributed by atoms with Gasteiger partial charge in [0.15, 0.2) is 4.33 Å². The zero-order valence-electron chi connectivity index (χ0n) is 14.3. The lowest BCUT2D eigenvalue weighted by molar-refractivity contribution is -0.154. The van der Waals surface area contributed by atoms with Crippen LogP contribution in [0.4, 0.5) is 0 Å². The van der Waals surface area contributed by atoms with Crippen LogP contribution in [0.15, 0.2) is 22.2 Å². The van der Waals surface area contributed by atoms with Crippen LogP contribution in [0.1, 0.15) is 0 Å². The number of cyclic esters (lactones) is 2. The Kier molecular flexibility index (Phi) is 8.89. The quantitative estimate of drug-likeness (QED) is 0.179. The minimum absolute atomic E-state index is 0.125. The number of rotatable bonds is 3. The molecule has 30 heavy (non-hydrogen) atoms. The average molecular weight is 549 g/mol. The lowest BCUT2D eigenvalue weighted by Gasteiger charge is -2.32. The summed E-state index contributed by atoms with van der Waals surface area (Å²) in [6.07, 6.45) is 1.12. The summed E-state index contributed by atoms with van der Waals surface area (Å²) >= 11 is 36.9. The fourth-order valence-corrected chi connectivity index (χ4v) is 5.87. The smallest absolute Gasteiger partial charge is 0.328 e. The van der Waals surface area contributed by atoms with E-state index in [0.29, 0.717) is 12.2 Å². The van der Waals surface area contributed by atoms with Gasteiger partial charge in [0.25, 0.3) is 0 Å². The number of fused-ring (bicyclic) bond motifs is 5. The molecule has 3 rings (SSSR count). The van der Waals surface area contributed by atoms with E-state index in [1.54, 1.807) is 0 Å². The maximum absolute atomic E-state index is 11.7. The zero-order valence-corrected chi connectivity index (χ0v) is 18.9. The van der Waals surface area contributed by atoms with Crippen molar-refractivity contribution < 1.29 is 44.3 Å². The standard InChI is InChI=1S/C9H2Cl6O3.C4H4O4.C2H6O2/c10-3-4(11)8(13)2-1(5(16)18-6(2)17)7(3,12)9(8,14)15;5-3(6)1-2-4(7)8;3-1-2-4/h1-2H;1-2H,(H,5,6)(H,7,8);3-4H,1-2H2/b;2-1+;. The third-order valence-corrected chi connectivity index (χ3v) is 8.37. The van der Waals surface area contributed by atoms with Gasteiger partial charge in [0.1, 0.15) is 21.6 Å². The molecule has 2 aliphatic carbocycles. The van der Waals surface area contributed by atoms with Crippen molar-refractivity contribution in [2.45, 2.75) is 14.1 Å². The summed E-state index contributed by atoms with van der Waals surface area (Å²) in [6, 6.07) is 0. The molecule has 0 spiro atoms. The van der Waals surface area contributed by atoms with Gasteiger partial charge in [0.2, 0.25) is 0 Å². The van der Waals surface area contributed by atoms with E-state index >= 15 is 0 Å². The highest BCUT2D eigenvalue weighted by atomic mass is 35.5. The van der Waals surface area contributed by atoms with E-state index in [1.807, 2.05) is 0 Å². The van der Waals surface area contributed by atoms with E-state index in [4.69, 9.17) is 90.0 Å². The van der Waals surface area contributed by atoms with Crippen molar-refractivity contribution in [1.29, 1.82) is 0 Å². The number of ether oxygens (including phenoxy) is 1. The summed E-state index contributed by atoms with van der Waals surface area (Å²) in [5.41, 5.74) is 0.